The number of amides is 2. The van der Waals surface area contributed by atoms with Gasteiger partial charge in [-0.25, -0.2) is 8.42 Å². The van der Waals surface area contributed by atoms with E-state index in [1.165, 1.54) is 24.1 Å². The first-order valence-corrected chi connectivity index (χ1v) is 12.1. The minimum absolute atomic E-state index is 0.0349. The molecule has 0 bridgehead atoms. The average Bonchev–Trinajstić information content (AvgIpc) is 2.77. The van der Waals surface area contributed by atoms with Crippen LogP contribution in [-0.4, -0.2) is 55.9 Å². The number of carbonyl (C=O) groups is 2. The van der Waals surface area contributed by atoms with Crippen LogP contribution >= 0.6 is 0 Å². The van der Waals surface area contributed by atoms with Crippen LogP contribution in [0.5, 0.6) is 0 Å². The second kappa shape index (κ2) is 10.9. The van der Waals surface area contributed by atoms with E-state index >= 15 is 0 Å². The number of hydrogen-bond acceptors (Lipinski definition) is 6. The first-order chi connectivity index (χ1) is 15.5. The van der Waals surface area contributed by atoms with Gasteiger partial charge in [0.2, 0.25) is 21.8 Å². The number of hydrogen-bond donors (Lipinski definition) is 1. The SMILES string of the molecule is CC[C@H](C(=O)NC)N(Cc1ccccc1)C(=O)CN(c1cc([N+](=O)[O-])ccc1C)S(C)(=O)=O. The highest BCUT2D eigenvalue weighted by atomic mass is 32.2. The highest BCUT2D eigenvalue weighted by Crippen LogP contribution is 2.28. The normalized spacial score (nSPS) is 12.0. The number of nitrogens with zero attached hydrogens (tertiary/aromatic N) is 3. The van der Waals surface area contributed by atoms with Crippen molar-refractivity contribution in [1.29, 1.82) is 0 Å². The third-order valence-electron chi connectivity index (χ3n) is 5.18. The highest BCUT2D eigenvalue weighted by Gasteiger charge is 2.32. The maximum absolute atomic E-state index is 13.4. The molecular formula is C22H28N4O6S. The molecule has 0 aromatic heterocycles. The maximum atomic E-state index is 13.4. The zero-order valence-electron chi connectivity index (χ0n) is 19.0. The lowest BCUT2D eigenvalue weighted by Crippen LogP contribution is -2.51. The molecule has 10 nitrogen and oxygen atoms in total. The molecule has 33 heavy (non-hydrogen) atoms. The fraction of sp³-hybridized carbons (Fsp3) is 0.364. The molecule has 0 radical (unpaired) electrons. The quantitative estimate of drug-likeness (QED) is 0.413. The summed E-state index contributed by atoms with van der Waals surface area (Å²) >= 11 is 0. The van der Waals surface area contributed by atoms with E-state index in [1.807, 2.05) is 6.07 Å². The topological polar surface area (TPSA) is 130 Å². The summed E-state index contributed by atoms with van der Waals surface area (Å²) in [6.07, 6.45) is 1.24. The van der Waals surface area contributed by atoms with E-state index in [4.69, 9.17) is 0 Å². The summed E-state index contributed by atoms with van der Waals surface area (Å²) in [5.41, 5.74) is 0.958. The fourth-order valence-electron chi connectivity index (χ4n) is 3.44. The lowest BCUT2D eigenvalue weighted by molar-refractivity contribution is -0.384. The van der Waals surface area contributed by atoms with Gasteiger partial charge < -0.3 is 10.2 Å². The molecule has 0 aliphatic heterocycles. The van der Waals surface area contributed by atoms with E-state index in [0.717, 1.165) is 22.2 Å². The van der Waals surface area contributed by atoms with Gasteiger partial charge in [-0.1, -0.05) is 43.3 Å². The zero-order chi connectivity index (χ0) is 24.8. The van der Waals surface area contributed by atoms with E-state index in [2.05, 4.69) is 5.32 Å². The maximum Gasteiger partial charge on any atom is 0.271 e. The Labute approximate surface area is 193 Å². The Balaban J connectivity index is 2.50. The van der Waals surface area contributed by atoms with Crippen molar-refractivity contribution in [2.24, 2.45) is 0 Å². The number of carbonyl (C=O) groups excluding carboxylic acids is 2. The largest absolute Gasteiger partial charge is 0.357 e. The van der Waals surface area contributed by atoms with Gasteiger partial charge in [0.05, 0.1) is 16.9 Å². The molecule has 2 aromatic rings. The molecule has 1 N–H and O–H groups in total. The molecular weight excluding hydrogens is 448 g/mol. The molecule has 0 fully saturated rings. The van der Waals surface area contributed by atoms with Crippen LogP contribution < -0.4 is 9.62 Å². The number of rotatable bonds is 10. The number of non-ortho nitro benzene ring substituents is 1. The van der Waals surface area contributed by atoms with Crippen LogP contribution in [0.3, 0.4) is 0 Å². The van der Waals surface area contributed by atoms with Gasteiger partial charge in [0.15, 0.2) is 0 Å². The Bertz CT molecular complexity index is 1120. The van der Waals surface area contributed by atoms with Crippen LogP contribution in [0.15, 0.2) is 48.5 Å². The Kier molecular flexibility index (Phi) is 8.52. The van der Waals surface area contributed by atoms with Gasteiger partial charge in [0.1, 0.15) is 12.6 Å². The number of nitrogens with one attached hydrogen (secondary N) is 1. The van der Waals surface area contributed by atoms with Crippen LogP contribution in [-0.2, 0) is 26.2 Å². The van der Waals surface area contributed by atoms with Gasteiger partial charge in [-0.05, 0) is 24.5 Å². The van der Waals surface area contributed by atoms with E-state index < -0.39 is 33.4 Å². The lowest BCUT2D eigenvalue weighted by atomic mass is 10.1. The van der Waals surface area contributed by atoms with Crippen molar-refractivity contribution in [3.63, 3.8) is 0 Å². The summed E-state index contributed by atoms with van der Waals surface area (Å²) in [5, 5.41) is 13.8. The molecule has 1 atom stereocenters. The van der Waals surface area contributed by atoms with E-state index in [1.54, 1.807) is 38.1 Å². The number of benzene rings is 2. The number of anilines is 1. The smallest absolute Gasteiger partial charge is 0.271 e. The van der Waals surface area contributed by atoms with Crippen molar-refractivity contribution < 1.29 is 22.9 Å². The minimum Gasteiger partial charge on any atom is -0.357 e. The lowest BCUT2D eigenvalue weighted by Gasteiger charge is -2.32. The molecule has 2 amide bonds. The summed E-state index contributed by atoms with van der Waals surface area (Å²) in [5.74, 6) is -0.982. The number of likely N-dealkylation sites (N-methyl/N-ethyl adjacent to an activating group) is 1. The predicted octanol–water partition coefficient (Wildman–Crippen LogP) is 2.22. The second-order valence-corrected chi connectivity index (χ2v) is 9.45. The van der Waals surface area contributed by atoms with Crippen molar-refractivity contribution >= 4 is 33.2 Å². The van der Waals surface area contributed by atoms with Gasteiger partial charge in [-0.2, -0.15) is 0 Å². The number of nitro groups is 1. The molecule has 0 saturated carbocycles. The van der Waals surface area contributed by atoms with Gasteiger partial charge >= 0.3 is 0 Å². The molecule has 0 spiro atoms. The summed E-state index contributed by atoms with van der Waals surface area (Å²) in [6, 6.07) is 12.0. The van der Waals surface area contributed by atoms with E-state index in [-0.39, 0.29) is 23.8 Å². The Morgan fingerprint density at radius 3 is 2.30 bits per heavy atom. The van der Waals surface area contributed by atoms with Crippen LogP contribution in [0.1, 0.15) is 24.5 Å². The summed E-state index contributed by atoms with van der Waals surface area (Å²) in [4.78, 5) is 37.9. The number of sulfonamides is 1. The van der Waals surface area contributed by atoms with Crippen LogP contribution in [0.4, 0.5) is 11.4 Å². The number of aryl methyl sites for hydroxylation is 1. The predicted molar refractivity (Wildman–Crippen MR) is 125 cm³/mol. The van der Waals surface area contributed by atoms with Gasteiger partial charge in [-0.15, -0.1) is 0 Å². The third kappa shape index (κ3) is 6.51. The van der Waals surface area contributed by atoms with Crippen LogP contribution in [0.2, 0.25) is 0 Å². The van der Waals surface area contributed by atoms with Gasteiger partial charge in [0.25, 0.3) is 5.69 Å². The van der Waals surface area contributed by atoms with E-state index in [0.29, 0.717) is 12.0 Å². The minimum atomic E-state index is -3.98. The average molecular weight is 477 g/mol. The number of nitro benzene ring substituents is 1. The summed E-state index contributed by atoms with van der Waals surface area (Å²) in [7, 11) is -2.52. The van der Waals surface area contributed by atoms with Crippen LogP contribution in [0.25, 0.3) is 0 Å². The molecule has 2 aromatic carbocycles. The second-order valence-electron chi connectivity index (χ2n) is 7.54. The van der Waals surface area contributed by atoms with Crippen molar-refractivity contribution in [1.82, 2.24) is 10.2 Å². The molecule has 0 unspecified atom stereocenters. The Morgan fingerprint density at radius 2 is 1.79 bits per heavy atom. The van der Waals surface area contributed by atoms with Crippen LogP contribution in [0, 0.1) is 17.0 Å². The van der Waals surface area contributed by atoms with Crippen molar-refractivity contribution in [2.75, 3.05) is 24.2 Å². The summed E-state index contributed by atoms with van der Waals surface area (Å²) < 4.78 is 26.1. The highest BCUT2D eigenvalue weighted by molar-refractivity contribution is 7.92. The first-order valence-electron chi connectivity index (χ1n) is 10.3. The van der Waals surface area contributed by atoms with Crippen molar-refractivity contribution in [3.8, 4) is 0 Å². The monoisotopic (exact) mass is 476 g/mol. The van der Waals surface area contributed by atoms with E-state index in [9.17, 15) is 28.1 Å². The van der Waals surface area contributed by atoms with Gasteiger partial charge in [0, 0.05) is 25.7 Å². The fourth-order valence-corrected chi connectivity index (χ4v) is 4.34. The molecule has 11 heteroatoms. The molecule has 0 aliphatic carbocycles. The molecule has 0 saturated heterocycles. The standard InChI is InChI=1S/C22H28N4O6S/c1-5-19(22(28)23-3)24(14-17-9-7-6-8-10-17)21(27)15-25(33(4,31)32)20-13-18(26(29)30)12-11-16(20)2/h6-13,19H,5,14-15H2,1-4H3,(H,23,28)/t19-/m1/s1. The molecule has 178 valence electrons. The molecule has 2 rings (SSSR count). The van der Waals surface area contributed by atoms with Crippen molar-refractivity contribution in [3.05, 3.63) is 69.8 Å². The third-order valence-corrected chi connectivity index (χ3v) is 6.31. The summed E-state index contributed by atoms with van der Waals surface area (Å²) in [6.45, 7) is 2.84. The zero-order valence-corrected chi connectivity index (χ0v) is 19.8. The Morgan fingerprint density at radius 1 is 1.15 bits per heavy atom. The first kappa shape index (κ1) is 25.8. The van der Waals surface area contributed by atoms with Crippen molar-refractivity contribution in [2.45, 2.75) is 32.9 Å². The van der Waals surface area contributed by atoms with Gasteiger partial charge in [-0.3, -0.25) is 24.0 Å². The Hall–Kier alpha value is -3.47. The molecule has 0 aliphatic rings. The molecule has 0 heterocycles.